The molecule has 0 atom stereocenters. The molecule has 5 aromatic rings. The molecule has 3 heterocycles. The molecule has 0 radical (unpaired) electrons. The summed E-state index contributed by atoms with van der Waals surface area (Å²) in [5.41, 5.74) is 7.30. The van der Waals surface area contributed by atoms with Crippen LogP contribution in [0.2, 0.25) is 15.1 Å². The zero-order valence-electron chi connectivity index (χ0n) is 21.3. The Morgan fingerprint density at radius 3 is 2.38 bits per heavy atom. The highest BCUT2D eigenvalue weighted by atomic mass is 35.5. The Morgan fingerprint density at radius 2 is 1.67 bits per heavy atom. The maximum absolute atomic E-state index is 14.0. The summed E-state index contributed by atoms with van der Waals surface area (Å²) in [6.45, 7) is 3.40. The largest absolute Gasteiger partial charge is 0.494 e. The van der Waals surface area contributed by atoms with Crippen molar-refractivity contribution < 1.29 is 9.53 Å². The van der Waals surface area contributed by atoms with Crippen LogP contribution in [-0.4, -0.2) is 21.5 Å². The van der Waals surface area contributed by atoms with E-state index >= 15 is 0 Å². The third kappa shape index (κ3) is 4.80. The number of hydrogen-bond donors (Lipinski definition) is 1. The first-order valence-electron chi connectivity index (χ1n) is 13.0. The predicted octanol–water partition coefficient (Wildman–Crippen LogP) is 9.02. The van der Waals surface area contributed by atoms with Gasteiger partial charge >= 0.3 is 0 Å². The van der Waals surface area contributed by atoms with E-state index in [0.29, 0.717) is 33.1 Å². The molecule has 1 amide bonds. The highest BCUT2D eigenvalue weighted by molar-refractivity contribution is 6.42. The van der Waals surface area contributed by atoms with E-state index in [0.717, 1.165) is 65.2 Å². The van der Waals surface area contributed by atoms with Gasteiger partial charge in [0.25, 0.3) is 5.91 Å². The Hall–Kier alpha value is -3.38. The number of ether oxygens (including phenoxy) is 1. The van der Waals surface area contributed by atoms with E-state index in [9.17, 15) is 4.79 Å². The Bertz CT molecular complexity index is 1690. The van der Waals surface area contributed by atoms with Crippen molar-refractivity contribution in [3.8, 4) is 28.1 Å². The molecule has 0 saturated heterocycles. The van der Waals surface area contributed by atoms with Crippen LogP contribution in [0.4, 0.5) is 5.69 Å². The van der Waals surface area contributed by atoms with Gasteiger partial charge in [-0.1, -0.05) is 53.0 Å². The van der Waals surface area contributed by atoms with Gasteiger partial charge in [-0.3, -0.25) is 9.20 Å². The third-order valence-electron chi connectivity index (χ3n) is 7.12. The van der Waals surface area contributed by atoms with Crippen molar-refractivity contribution in [3.05, 3.63) is 99.3 Å². The number of nitrogens with zero attached hydrogens (tertiary/aromatic N) is 2. The lowest BCUT2D eigenvalue weighted by atomic mass is 9.97. The van der Waals surface area contributed by atoms with Gasteiger partial charge in [-0.15, -0.1) is 0 Å². The summed E-state index contributed by atoms with van der Waals surface area (Å²) in [5.74, 6) is 0.607. The van der Waals surface area contributed by atoms with Crippen molar-refractivity contribution in [1.29, 1.82) is 0 Å². The highest BCUT2D eigenvalue weighted by Gasteiger charge is 2.29. The monoisotopic (exact) mass is 577 g/mol. The molecule has 0 aliphatic carbocycles. The van der Waals surface area contributed by atoms with E-state index in [1.807, 2.05) is 60.0 Å². The van der Waals surface area contributed by atoms with Crippen LogP contribution in [0.1, 0.15) is 35.8 Å². The summed E-state index contributed by atoms with van der Waals surface area (Å²) in [6, 6.07) is 20.8. The highest BCUT2D eigenvalue weighted by Crippen LogP contribution is 2.41. The van der Waals surface area contributed by atoms with Crippen LogP contribution in [0.5, 0.6) is 5.75 Å². The lowest BCUT2D eigenvalue weighted by Crippen LogP contribution is -2.15. The number of imidazole rings is 1. The van der Waals surface area contributed by atoms with Crippen molar-refractivity contribution in [2.24, 2.45) is 0 Å². The first kappa shape index (κ1) is 25.9. The second-order valence-corrected chi connectivity index (χ2v) is 10.8. The van der Waals surface area contributed by atoms with Gasteiger partial charge in [-0.2, -0.15) is 0 Å². The zero-order valence-corrected chi connectivity index (χ0v) is 23.6. The Morgan fingerprint density at radius 1 is 0.923 bits per heavy atom. The number of aromatic nitrogens is 2. The fourth-order valence-electron chi connectivity index (χ4n) is 5.41. The quantitative estimate of drug-likeness (QED) is 0.218. The molecule has 6 rings (SSSR count). The van der Waals surface area contributed by atoms with E-state index in [2.05, 4.69) is 9.88 Å². The molecule has 0 unspecified atom stereocenters. The lowest BCUT2D eigenvalue weighted by Gasteiger charge is -2.11. The number of rotatable bonds is 6. The van der Waals surface area contributed by atoms with Crippen LogP contribution in [0.25, 0.3) is 28.0 Å². The molecule has 1 aliphatic heterocycles. The molecular weight excluding hydrogens is 553 g/mol. The molecule has 2 aromatic heterocycles. The Labute approximate surface area is 241 Å². The zero-order chi connectivity index (χ0) is 27.1. The minimum absolute atomic E-state index is 0.194. The second kappa shape index (κ2) is 10.6. The van der Waals surface area contributed by atoms with E-state index in [-0.39, 0.29) is 5.91 Å². The molecule has 0 bridgehead atoms. The lowest BCUT2D eigenvalue weighted by molar-refractivity contribution is 0.102. The van der Waals surface area contributed by atoms with Crippen molar-refractivity contribution in [1.82, 2.24) is 8.97 Å². The van der Waals surface area contributed by atoms with Crippen LogP contribution < -0.4 is 10.1 Å². The fraction of sp³-hybridized carbons (Fsp3) is 0.194. The Balaban J connectivity index is 1.58. The standard InChI is InChI=1S/C31H26Cl3N3O2/c1-2-39-23-13-6-19(7-14-23)28-24-5-3-4-16-36-27(20-8-15-25(33)26(34)17-20)18-37(31(24)36)29(28)30(38)35-22-11-9-21(32)10-12-22/h6-15,17-18H,2-5,16H2,1H3,(H,35,38). The summed E-state index contributed by atoms with van der Waals surface area (Å²) in [4.78, 5) is 14.0. The van der Waals surface area contributed by atoms with Crippen LogP contribution in [0.15, 0.2) is 72.9 Å². The summed E-state index contributed by atoms with van der Waals surface area (Å²) >= 11 is 18.7. The van der Waals surface area contributed by atoms with Crippen molar-refractivity contribution in [2.75, 3.05) is 11.9 Å². The third-order valence-corrected chi connectivity index (χ3v) is 8.11. The summed E-state index contributed by atoms with van der Waals surface area (Å²) in [5, 5.41) is 4.71. The van der Waals surface area contributed by atoms with E-state index < -0.39 is 0 Å². The predicted molar refractivity (Wildman–Crippen MR) is 160 cm³/mol. The van der Waals surface area contributed by atoms with Gasteiger partial charge in [0.1, 0.15) is 17.1 Å². The van der Waals surface area contributed by atoms with E-state index in [1.54, 1.807) is 24.3 Å². The van der Waals surface area contributed by atoms with Gasteiger partial charge in [0, 0.05) is 40.1 Å². The topological polar surface area (TPSA) is 47.7 Å². The van der Waals surface area contributed by atoms with E-state index in [1.165, 1.54) is 0 Å². The number of benzene rings is 3. The fourth-order valence-corrected chi connectivity index (χ4v) is 5.84. The molecule has 8 heteroatoms. The molecule has 5 nitrogen and oxygen atoms in total. The average Bonchev–Trinajstić information content (AvgIpc) is 3.35. The van der Waals surface area contributed by atoms with Gasteiger partial charge in [0.15, 0.2) is 0 Å². The second-order valence-electron chi connectivity index (χ2n) is 9.57. The van der Waals surface area contributed by atoms with Crippen LogP contribution in [0.3, 0.4) is 0 Å². The number of nitrogens with one attached hydrogen (secondary N) is 1. The first-order valence-corrected chi connectivity index (χ1v) is 14.1. The van der Waals surface area contributed by atoms with Crippen LogP contribution in [0, 0.1) is 0 Å². The average molecular weight is 579 g/mol. The van der Waals surface area contributed by atoms with Crippen molar-refractivity contribution in [2.45, 2.75) is 32.7 Å². The smallest absolute Gasteiger partial charge is 0.273 e. The molecule has 0 spiro atoms. The number of hydrogen-bond acceptors (Lipinski definition) is 2. The normalized spacial score (nSPS) is 12.9. The van der Waals surface area contributed by atoms with Crippen molar-refractivity contribution in [3.63, 3.8) is 0 Å². The summed E-state index contributed by atoms with van der Waals surface area (Å²) in [7, 11) is 0. The molecule has 198 valence electrons. The van der Waals surface area contributed by atoms with Crippen molar-refractivity contribution >= 4 is 52.0 Å². The van der Waals surface area contributed by atoms with Crippen LogP contribution in [-0.2, 0) is 13.0 Å². The molecule has 0 fully saturated rings. The number of amides is 1. The van der Waals surface area contributed by atoms with Crippen LogP contribution >= 0.6 is 34.8 Å². The van der Waals surface area contributed by atoms with Gasteiger partial charge < -0.3 is 14.6 Å². The van der Waals surface area contributed by atoms with Gasteiger partial charge in [0.2, 0.25) is 0 Å². The molecular formula is C31H26Cl3N3O2. The minimum Gasteiger partial charge on any atom is -0.494 e. The number of anilines is 1. The first-order chi connectivity index (χ1) is 18.9. The number of halogens is 3. The molecule has 39 heavy (non-hydrogen) atoms. The molecule has 1 aliphatic rings. The van der Waals surface area contributed by atoms with E-state index in [4.69, 9.17) is 39.5 Å². The van der Waals surface area contributed by atoms with Gasteiger partial charge in [-0.25, -0.2) is 0 Å². The molecule has 1 N–H and O–H groups in total. The van der Waals surface area contributed by atoms with Gasteiger partial charge in [-0.05, 0) is 80.3 Å². The molecule has 3 aromatic carbocycles. The number of aryl methyl sites for hydroxylation is 2. The number of carbonyl (C=O) groups is 1. The maximum atomic E-state index is 14.0. The minimum atomic E-state index is -0.194. The SMILES string of the molecule is CCOc1ccc(-c2c3c4n(c(-c5ccc(Cl)c(Cl)c5)cn4c2C(=O)Nc2ccc(Cl)cc2)CCCC3)cc1. The maximum Gasteiger partial charge on any atom is 0.273 e. The Kier molecular flexibility index (Phi) is 7.06. The number of carbonyl (C=O) groups excluding carboxylic acids is 1. The summed E-state index contributed by atoms with van der Waals surface area (Å²) < 4.78 is 10.0. The summed E-state index contributed by atoms with van der Waals surface area (Å²) in [6.07, 6.45) is 4.95. The molecule has 0 saturated carbocycles. The van der Waals surface area contributed by atoms with Gasteiger partial charge in [0.05, 0.1) is 22.3 Å².